The highest BCUT2D eigenvalue weighted by atomic mass is 28.3. The first kappa shape index (κ1) is 15.6. The smallest absolute Gasteiger partial charge is 0.362 e. The van der Waals surface area contributed by atoms with Crippen LogP contribution in [-0.4, -0.2) is 19.3 Å². The Kier molecular flexibility index (Phi) is 4.09. The van der Waals surface area contributed by atoms with Gasteiger partial charge in [-0.2, -0.15) is 13.2 Å². The third kappa shape index (κ3) is 4.07. The Morgan fingerprint density at radius 1 is 1.00 bits per heavy atom. The lowest BCUT2D eigenvalue weighted by Crippen LogP contribution is -2.38. The number of nitrogens with one attached hydrogen (secondary N) is 1. The minimum Gasteiger partial charge on any atom is -0.362 e. The summed E-state index contributed by atoms with van der Waals surface area (Å²) < 4.78 is 37.3. The summed E-state index contributed by atoms with van der Waals surface area (Å²) in [4.78, 5) is 7.48. The molecule has 21 heavy (non-hydrogen) atoms. The van der Waals surface area contributed by atoms with Crippen LogP contribution in [0.4, 0.5) is 18.9 Å². The molecule has 0 unspecified atom stereocenters. The first-order valence-electron chi connectivity index (χ1n) is 6.57. The Labute approximate surface area is 122 Å². The molecule has 0 amide bonds. The van der Waals surface area contributed by atoms with E-state index in [2.05, 4.69) is 29.6 Å². The lowest BCUT2D eigenvalue weighted by atomic mass is 10.2. The summed E-state index contributed by atoms with van der Waals surface area (Å²) in [7, 11) is -1.39. The van der Waals surface area contributed by atoms with Crippen LogP contribution >= 0.6 is 0 Å². The van der Waals surface area contributed by atoms with Gasteiger partial charge in [-0.05, 0) is 41.7 Å². The number of aliphatic imine (C=N–C) groups is 1. The molecule has 0 fully saturated rings. The van der Waals surface area contributed by atoms with Gasteiger partial charge in [0.2, 0.25) is 0 Å². The van der Waals surface area contributed by atoms with E-state index in [0.29, 0.717) is 5.69 Å². The van der Waals surface area contributed by atoms with Gasteiger partial charge >= 0.3 is 6.18 Å². The SMILES string of the molecule is C[Si](C)(C)c1ccc(C=Nc2ccc(C(F)(F)F)cc2)[nH]1. The molecule has 1 heterocycles. The molecule has 2 aromatic rings. The Morgan fingerprint density at radius 2 is 1.62 bits per heavy atom. The number of halogens is 3. The van der Waals surface area contributed by atoms with Gasteiger partial charge in [0.1, 0.15) is 0 Å². The fourth-order valence-corrected chi connectivity index (χ4v) is 2.91. The van der Waals surface area contributed by atoms with Crippen LogP contribution in [0.15, 0.2) is 41.4 Å². The van der Waals surface area contributed by atoms with Crippen molar-refractivity contribution < 1.29 is 13.2 Å². The van der Waals surface area contributed by atoms with Crippen molar-refractivity contribution in [2.24, 2.45) is 4.99 Å². The molecule has 2 rings (SSSR count). The van der Waals surface area contributed by atoms with Crippen molar-refractivity contribution in [2.45, 2.75) is 25.8 Å². The van der Waals surface area contributed by atoms with Gasteiger partial charge in [0.25, 0.3) is 0 Å². The highest BCUT2D eigenvalue weighted by Crippen LogP contribution is 2.30. The van der Waals surface area contributed by atoms with E-state index in [0.717, 1.165) is 17.8 Å². The Balaban J connectivity index is 2.13. The number of hydrogen-bond donors (Lipinski definition) is 1. The molecule has 112 valence electrons. The average molecular weight is 310 g/mol. The predicted molar refractivity (Wildman–Crippen MR) is 82.5 cm³/mol. The molecule has 2 nitrogen and oxygen atoms in total. The van der Waals surface area contributed by atoms with E-state index >= 15 is 0 Å². The fourth-order valence-electron chi connectivity index (χ4n) is 1.81. The van der Waals surface area contributed by atoms with E-state index in [4.69, 9.17) is 0 Å². The standard InChI is InChI=1S/C15H17F3N2Si/c1-21(2,3)14-9-8-13(20-14)10-19-12-6-4-11(5-7-12)15(16,17)18/h4-10,20H,1-3H3. The van der Waals surface area contributed by atoms with Crippen LogP contribution in [0.2, 0.25) is 19.6 Å². The van der Waals surface area contributed by atoms with E-state index in [1.165, 1.54) is 17.4 Å². The van der Waals surface area contributed by atoms with E-state index in [9.17, 15) is 13.2 Å². The van der Waals surface area contributed by atoms with Crippen molar-refractivity contribution in [3.63, 3.8) is 0 Å². The quantitative estimate of drug-likeness (QED) is 0.646. The number of aromatic nitrogens is 1. The van der Waals surface area contributed by atoms with Crippen LogP contribution < -0.4 is 5.32 Å². The van der Waals surface area contributed by atoms with Crippen molar-refractivity contribution in [3.05, 3.63) is 47.7 Å². The topological polar surface area (TPSA) is 28.1 Å². The van der Waals surface area contributed by atoms with Gasteiger partial charge in [0.15, 0.2) is 0 Å². The zero-order valence-corrected chi connectivity index (χ0v) is 13.1. The maximum Gasteiger partial charge on any atom is 0.416 e. The number of hydrogen-bond acceptors (Lipinski definition) is 1. The van der Waals surface area contributed by atoms with E-state index in [1.807, 2.05) is 12.1 Å². The van der Waals surface area contributed by atoms with Crippen LogP contribution in [0, 0.1) is 0 Å². The number of alkyl halides is 3. The zero-order chi connectivity index (χ0) is 15.7. The monoisotopic (exact) mass is 310 g/mol. The normalized spacial score (nSPS) is 13.0. The molecule has 6 heteroatoms. The summed E-state index contributed by atoms with van der Waals surface area (Å²) >= 11 is 0. The molecule has 0 atom stereocenters. The van der Waals surface area contributed by atoms with E-state index < -0.39 is 19.8 Å². The third-order valence-corrected chi connectivity index (χ3v) is 4.97. The Hall–Kier alpha value is -1.82. The predicted octanol–water partition coefficient (Wildman–Crippen LogP) is 4.33. The first-order chi connectivity index (χ1) is 9.66. The van der Waals surface area contributed by atoms with Crippen LogP contribution in [0.25, 0.3) is 0 Å². The summed E-state index contributed by atoms with van der Waals surface area (Å²) in [6.07, 6.45) is -2.68. The molecule has 0 radical (unpaired) electrons. The largest absolute Gasteiger partial charge is 0.416 e. The van der Waals surface area contributed by atoms with Gasteiger partial charge < -0.3 is 4.98 Å². The highest BCUT2D eigenvalue weighted by Gasteiger charge is 2.29. The zero-order valence-electron chi connectivity index (χ0n) is 12.1. The maximum atomic E-state index is 12.4. The summed E-state index contributed by atoms with van der Waals surface area (Å²) in [5, 5.41) is 1.22. The average Bonchev–Trinajstić information content (AvgIpc) is 2.84. The molecule has 0 aliphatic rings. The second kappa shape index (κ2) is 5.52. The van der Waals surface area contributed by atoms with E-state index in [1.54, 1.807) is 6.21 Å². The van der Waals surface area contributed by atoms with Gasteiger partial charge in [-0.1, -0.05) is 19.6 Å². The summed E-state index contributed by atoms with van der Waals surface area (Å²) in [6.45, 7) is 6.70. The Morgan fingerprint density at radius 3 is 2.10 bits per heavy atom. The van der Waals surface area contributed by atoms with Crippen molar-refractivity contribution in [3.8, 4) is 0 Å². The summed E-state index contributed by atoms with van der Waals surface area (Å²) in [5.41, 5.74) is 0.682. The van der Waals surface area contributed by atoms with Crippen molar-refractivity contribution in [1.82, 2.24) is 4.98 Å². The van der Waals surface area contributed by atoms with Crippen molar-refractivity contribution in [2.75, 3.05) is 0 Å². The van der Waals surface area contributed by atoms with Gasteiger partial charge in [-0.15, -0.1) is 0 Å². The van der Waals surface area contributed by atoms with Crippen molar-refractivity contribution >= 4 is 25.3 Å². The van der Waals surface area contributed by atoms with Gasteiger partial charge in [-0.25, -0.2) is 0 Å². The van der Waals surface area contributed by atoms with Gasteiger partial charge in [0, 0.05) is 0 Å². The van der Waals surface area contributed by atoms with Crippen LogP contribution in [0.1, 0.15) is 11.3 Å². The first-order valence-corrected chi connectivity index (χ1v) is 10.1. The minimum absolute atomic E-state index is 0.493. The molecule has 1 aromatic carbocycles. The van der Waals surface area contributed by atoms with Gasteiger partial charge in [0.05, 0.1) is 31.2 Å². The molecule has 0 aliphatic carbocycles. The molecule has 0 aliphatic heterocycles. The Bertz CT molecular complexity index is 634. The van der Waals surface area contributed by atoms with Crippen LogP contribution in [-0.2, 0) is 6.18 Å². The molecule has 0 bridgehead atoms. The molecule has 0 saturated carbocycles. The lowest BCUT2D eigenvalue weighted by Gasteiger charge is -2.12. The van der Waals surface area contributed by atoms with E-state index in [-0.39, 0.29) is 0 Å². The highest BCUT2D eigenvalue weighted by molar-refractivity contribution is 6.88. The molecule has 1 N–H and O–H groups in total. The summed E-state index contributed by atoms with van der Waals surface area (Å²) in [6, 6.07) is 8.77. The number of benzene rings is 1. The molecular formula is C15H17F3N2Si. The fraction of sp³-hybridized carbons (Fsp3) is 0.267. The number of nitrogens with zero attached hydrogens (tertiary/aromatic N) is 1. The minimum atomic E-state index is -4.31. The number of rotatable bonds is 3. The van der Waals surface area contributed by atoms with Crippen molar-refractivity contribution in [1.29, 1.82) is 0 Å². The molecule has 0 saturated heterocycles. The number of aromatic amines is 1. The molecule has 0 spiro atoms. The molecular weight excluding hydrogens is 293 g/mol. The molecule has 1 aromatic heterocycles. The second-order valence-corrected chi connectivity index (χ2v) is 10.9. The van der Waals surface area contributed by atoms with Crippen LogP contribution in [0.5, 0.6) is 0 Å². The number of H-pyrrole nitrogens is 1. The maximum absolute atomic E-state index is 12.4. The summed E-state index contributed by atoms with van der Waals surface area (Å²) in [5.74, 6) is 0. The van der Waals surface area contributed by atoms with Crippen LogP contribution in [0.3, 0.4) is 0 Å². The third-order valence-electron chi connectivity index (χ3n) is 3.06. The van der Waals surface area contributed by atoms with Gasteiger partial charge in [-0.3, -0.25) is 4.99 Å². The lowest BCUT2D eigenvalue weighted by molar-refractivity contribution is -0.137. The second-order valence-electron chi connectivity index (χ2n) is 5.88.